The third kappa shape index (κ3) is 3.27. The van der Waals surface area contributed by atoms with Crippen molar-refractivity contribution >= 4 is 29.1 Å². The molecule has 148 valence electrons. The van der Waals surface area contributed by atoms with Gasteiger partial charge in [-0.3, -0.25) is 19.3 Å². The highest BCUT2D eigenvalue weighted by atomic mass is 16.2. The first-order valence-electron chi connectivity index (χ1n) is 9.90. The number of carbonyl (C=O) groups is 3. The van der Waals surface area contributed by atoms with Crippen LogP contribution in [-0.2, 0) is 9.59 Å². The highest BCUT2D eigenvalue weighted by Gasteiger charge is 2.50. The molecule has 29 heavy (non-hydrogen) atoms. The van der Waals surface area contributed by atoms with Crippen molar-refractivity contribution in [2.45, 2.75) is 27.2 Å². The minimum atomic E-state index is -0.320. The Hall–Kier alpha value is -3.21. The van der Waals surface area contributed by atoms with E-state index in [1.165, 1.54) is 4.90 Å². The molecule has 0 saturated carbocycles. The number of aryl methyl sites for hydroxylation is 1. The Balaban J connectivity index is 1.61. The normalized spacial score (nSPS) is 23.3. The van der Waals surface area contributed by atoms with Crippen LogP contribution in [0.5, 0.6) is 0 Å². The van der Waals surface area contributed by atoms with E-state index in [0.29, 0.717) is 17.7 Å². The van der Waals surface area contributed by atoms with Gasteiger partial charge in [-0.1, -0.05) is 37.3 Å². The van der Waals surface area contributed by atoms with Crippen LogP contribution in [0.2, 0.25) is 0 Å². The zero-order valence-corrected chi connectivity index (χ0v) is 16.8. The van der Waals surface area contributed by atoms with E-state index in [0.717, 1.165) is 16.8 Å². The van der Waals surface area contributed by atoms with Crippen molar-refractivity contribution in [1.29, 1.82) is 0 Å². The van der Waals surface area contributed by atoms with Gasteiger partial charge in [0.2, 0.25) is 11.8 Å². The number of anilines is 2. The zero-order chi connectivity index (χ0) is 20.7. The molecular weight excluding hydrogens is 364 g/mol. The van der Waals surface area contributed by atoms with Crippen molar-refractivity contribution in [3.63, 3.8) is 0 Å². The molecule has 1 aliphatic heterocycles. The lowest BCUT2D eigenvalue weighted by molar-refractivity contribution is -0.122. The molecule has 5 heteroatoms. The minimum absolute atomic E-state index is 0.0333. The lowest BCUT2D eigenvalue weighted by atomic mass is 9.78. The molecule has 0 spiro atoms. The quantitative estimate of drug-likeness (QED) is 0.631. The highest BCUT2D eigenvalue weighted by Crippen LogP contribution is 2.40. The highest BCUT2D eigenvalue weighted by molar-refractivity contribution is 6.22. The van der Waals surface area contributed by atoms with E-state index in [1.54, 1.807) is 24.3 Å². The summed E-state index contributed by atoms with van der Waals surface area (Å²) >= 11 is 0. The monoisotopic (exact) mass is 388 g/mol. The molecule has 1 heterocycles. The standard InChI is InChI=1S/C24H24N2O3/c1-14-7-5-12-20(16(14)3)25-22(27)17-9-6-10-18(13-17)26-23(28)19-11-4-8-15(2)21(19)24(26)29/h4-10,12-13,15,19,21H,11H2,1-3H3,(H,25,27)/t15-,19-,21+/m1/s1. The van der Waals surface area contributed by atoms with E-state index in [9.17, 15) is 14.4 Å². The SMILES string of the molecule is Cc1cccc(NC(=O)c2cccc(N3C(=O)[C@H]4[C@H](C)C=CC[C@H]4C3=O)c2)c1C. The molecule has 5 nitrogen and oxygen atoms in total. The summed E-state index contributed by atoms with van der Waals surface area (Å²) in [6.07, 6.45) is 4.57. The van der Waals surface area contributed by atoms with Gasteiger partial charge in [-0.05, 0) is 61.6 Å². The van der Waals surface area contributed by atoms with E-state index in [1.807, 2.05) is 51.1 Å². The van der Waals surface area contributed by atoms with Crippen molar-refractivity contribution in [3.8, 4) is 0 Å². The summed E-state index contributed by atoms with van der Waals surface area (Å²) < 4.78 is 0. The van der Waals surface area contributed by atoms with Crippen molar-refractivity contribution in [2.75, 3.05) is 10.2 Å². The van der Waals surface area contributed by atoms with Crippen LogP contribution in [0.1, 0.15) is 34.8 Å². The molecule has 2 aliphatic rings. The first-order valence-corrected chi connectivity index (χ1v) is 9.90. The number of imide groups is 1. The van der Waals surface area contributed by atoms with E-state index < -0.39 is 0 Å². The molecule has 1 aliphatic carbocycles. The van der Waals surface area contributed by atoms with Gasteiger partial charge in [0.25, 0.3) is 5.91 Å². The summed E-state index contributed by atoms with van der Waals surface area (Å²) in [4.78, 5) is 40.0. The second-order valence-corrected chi connectivity index (χ2v) is 7.92. The number of allylic oxidation sites excluding steroid dienone is 2. The Morgan fingerprint density at radius 3 is 2.59 bits per heavy atom. The molecular formula is C24H24N2O3. The summed E-state index contributed by atoms with van der Waals surface area (Å²) in [5.74, 6) is -1.22. The fraction of sp³-hybridized carbons (Fsp3) is 0.292. The average Bonchev–Trinajstić information content (AvgIpc) is 2.97. The van der Waals surface area contributed by atoms with Crippen LogP contribution in [0.15, 0.2) is 54.6 Å². The number of nitrogens with zero attached hydrogens (tertiary/aromatic N) is 1. The van der Waals surface area contributed by atoms with Crippen molar-refractivity contribution in [2.24, 2.45) is 17.8 Å². The van der Waals surface area contributed by atoms with Crippen molar-refractivity contribution in [1.82, 2.24) is 0 Å². The topological polar surface area (TPSA) is 66.5 Å². The van der Waals surface area contributed by atoms with Crippen LogP contribution in [0.3, 0.4) is 0 Å². The maximum atomic E-state index is 13.0. The van der Waals surface area contributed by atoms with Gasteiger partial charge >= 0.3 is 0 Å². The number of nitrogens with one attached hydrogen (secondary N) is 1. The number of benzene rings is 2. The molecule has 0 bridgehead atoms. The Morgan fingerprint density at radius 1 is 1.07 bits per heavy atom. The van der Waals surface area contributed by atoms with Gasteiger partial charge in [0, 0.05) is 11.3 Å². The Morgan fingerprint density at radius 2 is 1.83 bits per heavy atom. The number of hydrogen-bond acceptors (Lipinski definition) is 3. The van der Waals surface area contributed by atoms with Gasteiger partial charge in [0.1, 0.15) is 0 Å². The smallest absolute Gasteiger partial charge is 0.255 e. The van der Waals surface area contributed by atoms with Crippen LogP contribution < -0.4 is 10.2 Å². The molecule has 0 radical (unpaired) electrons. The lowest BCUT2D eigenvalue weighted by Gasteiger charge is -2.22. The van der Waals surface area contributed by atoms with Crippen molar-refractivity contribution < 1.29 is 14.4 Å². The first kappa shape index (κ1) is 19.1. The van der Waals surface area contributed by atoms with Crippen LogP contribution in [0.4, 0.5) is 11.4 Å². The molecule has 0 aromatic heterocycles. The second kappa shape index (κ2) is 7.32. The molecule has 1 N–H and O–H groups in total. The van der Waals surface area contributed by atoms with Crippen LogP contribution >= 0.6 is 0 Å². The molecule has 0 unspecified atom stereocenters. The number of carbonyl (C=O) groups excluding carboxylic acids is 3. The summed E-state index contributed by atoms with van der Waals surface area (Å²) in [6.45, 7) is 5.92. The Labute approximate surface area is 170 Å². The van der Waals surface area contributed by atoms with E-state index in [2.05, 4.69) is 5.32 Å². The van der Waals surface area contributed by atoms with Gasteiger partial charge in [0.05, 0.1) is 17.5 Å². The van der Waals surface area contributed by atoms with Gasteiger partial charge < -0.3 is 5.32 Å². The Kier molecular flexibility index (Phi) is 4.82. The molecule has 1 fully saturated rings. The summed E-state index contributed by atoms with van der Waals surface area (Å²) in [7, 11) is 0. The van der Waals surface area contributed by atoms with Gasteiger partial charge in [0.15, 0.2) is 0 Å². The summed E-state index contributed by atoms with van der Waals surface area (Å²) in [6, 6.07) is 12.5. The molecule has 3 amide bonds. The lowest BCUT2D eigenvalue weighted by Crippen LogP contribution is -2.31. The molecule has 2 aromatic carbocycles. The largest absolute Gasteiger partial charge is 0.322 e. The van der Waals surface area contributed by atoms with Crippen LogP contribution in [0.25, 0.3) is 0 Å². The van der Waals surface area contributed by atoms with Gasteiger partial charge in [-0.25, -0.2) is 0 Å². The third-order valence-corrected chi connectivity index (χ3v) is 6.09. The predicted molar refractivity (Wildman–Crippen MR) is 113 cm³/mol. The fourth-order valence-electron chi connectivity index (χ4n) is 4.27. The molecule has 2 aromatic rings. The molecule has 4 rings (SSSR count). The zero-order valence-electron chi connectivity index (χ0n) is 16.8. The maximum Gasteiger partial charge on any atom is 0.255 e. The fourth-order valence-corrected chi connectivity index (χ4v) is 4.27. The second-order valence-electron chi connectivity index (χ2n) is 7.92. The molecule has 1 saturated heterocycles. The summed E-state index contributed by atoms with van der Waals surface area (Å²) in [5, 5.41) is 2.93. The number of amides is 3. The Bertz CT molecular complexity index is 1040. The van der Waals surface area contributed by atoms with Gasteiger partial charge in [-0.2, -0.15) is 0 Å². The number of hydrogen-bond donors (Lipinski definition) is 1. The third-order valence-electron chi connectivity index (χ3n) is 6.09. The number of fused-ring (bicyclic) bond motifs is 1. The predicted octanol–water partition coefficient (Wildman–Crippen LogP) is 4.26. The minimum Gasteiger partial charge on any atom is -0.322 e. The van der Waals surface area contributed by atoms with Crippen LogP contribution in [0, 0.1) is 31.6 Å². The maximum absolute atomic E-state index is 13.0. The molecule has 3 atom stereocenters. The average molecular weight is 388 g/mol. The van der Waals surface area contributed by atoms with E-state index in [4.69, 9.17) is 0 Å². The first-order chi connectivity index (χ1) is 13.9. The van der Waals surface area contributed by atoms with E-state index >= 15 is 0 Å². The number of rotatable bonds is 3. The van der Waals surface area contributed by atoms with Gasteiger partial charge in [-0.15, -0.1) is 0 Å². The summed E-state index contributed by atoms with van der Waals surface area (Å²) in [5.41, 5.74) is 3.71. The van der Waals surface area contributed by atoms with E-state index in [-0.39, 0.29) is 35.5 Å². The van der Waals surface area contributed by atoms with Crippen molar-refractivity contribution in [3.05, 3.63) is 71.3 Å². The van der Waals surface area contributed by atoms with Crippen LogP contribution in [-0.4, -0.2) is 17.7 Å².